The van der Waals surface area contributed by atoms with Gasteiger partial charge in [0.2, 0.25) is 0 Å². The number of allylic oxidation sites excluding steroid dienone is 1. The van der Waals surface area contributed by atoms with Crippen LogP contribution in [-0.4, -0.2) is 40.7 Å². The van der Waals surface area contributed by atoms with Crippen LogP contribution >= 0.6 is 11.3 Å². The van der Waals surface area contributed by atoms with Gasteiger partial charge in [-0.15, -0.1) is 11.3 Å². The molecule has 180 valence electrons. The Morgan fingerprint density at radius 1 is 1.09 bits per heavy atom. The zero-order chi connectivity index (χ0) is 24.9. The topological polar surface area (TPSA) is 118 Å². The summed E-state index contributed by atoms with van der Waals surface area (Å²) < 4.78 is 5.50. The Kier molecular flexibility index (Phi) is 7.26. The third-order valence-corrected chi connectivity index (χ3v) is 6.41. The number of thiazole rings is 1. The predicted octanol–water partition coefficient (Wildman–Crippen LogP) is 5.04. The molecule has 0 radical (unpaired) electrons. The second-order valence-corrected chi connectivity index (χ2v) is 9.23. The Morgan fingerprint density at radius 3 is 2.31 bits per heavy atom. The number of rotatable bonds is 8. The number of hydrogen-bond acceptors (Lipinski definition) is 6. The van der Waals surface area contributed by atoms with Gasteiger partial charge in [-0.25, -0.2) is 14.6 Å². The largest absolute Gasteiger partial charge is 0.480 e. The fourth-order valence-electron chi connectivity index (χ4n) is 3.96. The number of aromatic nitrogens is 1. The number of fused-ring (bicyclic) bond motifs is 3. The molecule has 2 amide bonds. The molecule has 0 aliphatic heterocycles. The normalized spacial score (nSPS) is 12.7. The minimum atomic E-state index is -1.14. The summed E-state index contributed by atoms with van der Waals surface area (Å²) in [6, 6.07) is 15.0. The molecule has 2 aromatic carbocycles. The summed E-state index contributed by atoms with van der Waals surface area (Å²) >= 11 is 1.05. The van der Waals surface area contributed by atoms with E-state index < -0.39 is 24.0 Å². The van der Waals surface area contributed by atoms with Crippen LogP contribution in [0.2, 0.25) is 0 Å². The van der Waals surface area contributed by atoms with Gasteiger partial charge in [0, 0.05) is 11.3 Å². The van der Waals surface area contributed by atoms with Crippen LogP contribution in [0.4, 0.5) is 9.93 Å². The summed E-state index contributed by atoms with van der Waals surface area (Å²) in [6.07, 6.45) is 1.22. The molecule has 3 aromatic rings. The quantitative estimate of drug-likeness (QED) is 0.380. The Labute approximate surface area is 206 Å². The Balaban J connectivity index is 1.35. The molecule has 1 aromatic heterocycles. The van der Waals surface area contributed by atoms with Crippen molar-refractivity contribution in [3.63, 3.8) is 0 Å². The minimum absolute atomic E-state index is 0.0207. The first-order chi connectivity index (χ1) is 16.8. The van der Waals surface area contributed by atoms with Gasteiger partial charge in [0.25, 0.3) is 5.91 Å². The van der Waals surface area contributed by atoms with Crippen molar-refractivity contribution in [3.8, 4) is 11.1 Å². The maximum Gasteiger partial charge on any atom is 0.413 e. The molecule has 1 atom stereocenters. The lowest BCUT2D eigenvalue weighted by Crippen LogP contribution is -2.40. The molecule has 0 fully saturated rings. The molecule has 0 bridgehead atoms. The van der Waals surface area contributed by atoms with Gasteiger partial charge < -0.3 is 15.2 Å². The lowest BCUT2D eigenvalue weighted by atomic mass is 9.98. The monoisotopic (exact) mass is 491 g/mol. The predicted molar refractivity (Wildman–Crippen MR) is 134 cm³/mol. The molecule has 9 heteroatoms. The maximum atomic E-state index is 12.4. The maximum absolute atomic E-state index is 12.4. The van der Waals surface area contributed by atoms with Gasteiger partial charge in [-0.05, 0) is 42.5 Å². The molecular weight excluding hydrogens is 466 g/mol. The van der Waals surface area contributed by atoms with Gasteiger partial charge >= 0.3 is 12.1 Å². The van der Waals surface area contributed by atoms with Gasteiger partial charge in [-0.1, -0.05) is 60.2 Å². The highest BCUT2D eigenvalue weighted by atomic mass is 32.1. The van der Waals surface area contributed by atoms with Gasteiger partial charge in [0.05, 0.1) is 0 Å². The second-order valence-electron chi connectivity index (χ2n) is 8.37. The van der Waals surface area contributed by atoms with Crippen LogP contribution in [0.3, 0.4) is 0 Å². The molecule has 1 aliphatic rings. The van der Waals surface area contributed by atoms with Crippen molar-refractivity contribution in [2.24, 2.45) is 0 Å². The van der Waals surface area contributed by atoms with Crippen LogP contribution in [0.1, 0.15) is 47.8 Å². The van der Waals surface area contributed by atoms with E-state index in [9.17, 15) is 19.5 Å². The van der Waals surface area contributed by atoms with Crippen LogP contribution < -0.4 is 10.6 Å². The molecule has 1 unspecified atom stereocenters. The van der Waals surface area contributed by atoms with E-state index in [1.165, 1.54) is 5.38 Å². The van der Waals surface area contributed by atoms with Gasteiger partial charge in [-0.3, -0.25) is 10.1 Å². The van der Waals surface area contributed by atoms with Crippen LogP contribution in [0, 0.1) is 0 Å². The van der Waals surface area contributed by atoms with Gasteiger partial charge in [-0.2, -0.15) is 0 Å². The summed E-state index contributed by atoms with van der Waals surface area (Å²) in [5, 5.41) is 16.0. The third-order valence-electron chi connectivity index (χ3n) is 5.65. The molecule has 3 N–H and O–H groups in total. The van der Waals surface area contributed by atoms with Crippen molar-refractivity contribution in [2.75, 3.05) is 11.9 Å². The summed E-state index contributed by atoms with van der Waals surface area (Å²) in [4.78, 5) is 40.4. The van der Waals surface area contributed by atoms with Crippen molar-refractivity contribution in [3.05, 3.63) is 82.4 Å². The first-order valence-corrected chi connectivity index (χ1v) is 12.0. The van der Waals surface area contributed by atoms with E-state index in [0.29, 0.717) is 0 Å². The van der Waals surface area contributed by atoms with Crippen LogP contribution in [0.5, 0.6) is 0 Å². The lowest BCUT2D eigenvalue weighted by molar-refractivity contribution is -0.139. The summed E-state index contributed by atoms with van der Waals surface area (Å²) in [6.45, 7) is 3.86. The van der Waals surface area contributed by atoms with E-state index in [4.69, 9.17) is 4.74 Å². The third kappa shape index (κ3) is 5.58. The van der Waals surface area contributed by atoms with Crippen LogP contribution in [-0.2, 0) is 9.53 Å². The average Bonchev–Trinajstić information content (AvgIpc) is 3.43. The Hall–Kier alpha value is -3.98. The molecular formula is C26H25N3O5S. The van der Waals surface area contributed by atoms with Crippen molar-refractivity contribution >= 4 is 34.4 Å². The number of carboxylic acid groups (broad SMARTS) is 1. The zero-order valence-electron chi connectivity index (χ0n) is 19.3. The summed E-state index contributed by atoms with van der Waals surface area (Å²) in [5.41, 5.74) is 5.46. The van der Waals surface area contributed by atoms with Crippen molar-refractivity contribution in [1.82, 2.24) is 10.3 Å². The molecule has 0 saturated carbocycles. The minimum Gasteiger partial charge on any atom is -0.480 e. The molecule has 0 saturated heterocycles. The second kappa shape index (κ2) is 10.5. The fourth-order valence-corrected chi connectivity index (χ4v) is 4.64. The van der Waals surface area contributed by atoms with Gasteiger partial charge in [0.15, 0.2) is 5.13 Å². The van der Waals surface area contributed by atoms with Crippen molar-refractivity contribution < 1.29 is 24.2 Å². The van der Waals surface area contributed by atoms with Crippen molar-refractivity contribution in [2.45, 2.75) is 32.2 Å². The average molecular weight is 492 g/mol. The first-order valence-electron chi connectivity index (χ1n) is 11.1. The highest BCUT2D eigenvalue weighted by molar-refractivity contribution is 7.14. The number of hydrogen-bond donors (Lipinski definition) is 3. The Bertz CT molecular complexity index is 1250. The SMILES string of the molecule is CC(C)=CCC(NC(=O)c1csc(NC(=O)OCC2c3ccccc3-c3ccccc32)n1)C(=O)O. The number of nitrogens with one attached hydrogen (secondary N) is 2. The van der Waals surface area contributed by atoms with E-state index in [-0.39, 0.29) is 29.8 Å². The molecule has 1 aliphatic carbocycles. The fraction of sp³-hybridized carbons (Fsp3) is 0.231. The van der Waals surface area contributed by atoms with E-state index in [0.717, 1.165) is 39.2 Å². The number of nitrogens with zero attached hydrogens (tertiary/aromatic N) is 1. The molecule has 35 heavy (non-hydrogen) atoms. The van der Waals surface area contributed by atoms with Crippen LogP contribution in [0.15, 0.2) is 65.6 Å². The number of benzene rings is 2. The summed E-state index contributed by atoms with van der Waals surface area (Å²) in [7, 11) is 0. The highest BCUT2D eigenvalue weighted by Crippen LogP contribution is 2.44. The number of amides is 2. The molecule has 0 spiro atoms. The first kappa shape index (κ1) is 24.2. The molecule has 1 heterocycles. The van der Waals surface area contributed by atoms with E-state index in [1.807, 2.05) is 50.2 Å². The van der Waals surface area contributed by atoms with E-state index in [2.05, 4.69) is 27.8 Å². The van der Waals surface area contributed by atoms with Crippen LogP contribution in [0.25, 0.3) is 11.1 Å². The molecule has 4 rings (SSSR count). The van der Waals surface area contributed by atoms with Gasteiger partial charge in [0.1, 0.15) is 18.3 Å². The number of aliphatic carboxylic acids is 1. The number of anilines is 1. The number of carbonyl (C=O) groups excluding carboxylic acids is 2. The highest BCUT2D eigenvalue weighted by Gasteiger charge is 2.29. The standard InChI is InChI=1S/C26H25N3O5S/c1-15(2)11-12-21(24(31)32)27-23(30)22-14-35-25(28-22)29-26(33)34-13-20-18-9-5-3-7-16(18)17-8-4-6-10-19(17)20/h3-11,14,20-21H,12-13H2,1-2H3,(H,27,30)(H,31,32)(H,28,29,33). The number of carboxylic acids is 1. The smallest absolute Gasteiger partial charge is 0.413 e. The summed E-state index contributed by atoms with van der Waals surface area (Å²) in [5.74, 6) is -1.83. The van der Waals surface area contributed by atoms with E-state index >= 15 is 0 Å². The van der Waals surface area contributed by atoms with Crippen molar-refractivity contribution in [1.29, 1.82) is 0 Å². The number of ether oxygens (including phenoxy) is 1. The van der Waals surface area contributed by atoms with E-state index in [1.54, 1.807) is 6.08 Å². The number of carbonyl (C=O) groups is 3. The lowest BCUT2D eigenvalue weighted by Gasteiger charge is -2.14. The Morgan fingerprint density at radius 2 is 1.71 bits per heavy atom. The molecule has 8 nitrogen and oxygen atoms in total. The zero-order valence-corrected chi connectivity index (χ0v) is 20.1.